The lowest BCUT2D eigenvalue weighted by Crippen LogP contribution is -2.31. The first kappa shape index (κ1) is 10.3. The van der Waals surface area contributed by atoms with Crippen LogP contribution in [0, 0.1) is 6.92 Å². The Labute approximate surface area is 81.2 Å². The van der Waals surface area contributed by atoms with Crippen molar-refractivity contribution in [3.8, 4) is 0 Å². The Hall–Kier alpha value is -0.820. The first-order valence-corrected chi connectivity index (χ1v) is 4.78. The molecule has 0 saturated heterocycles. The van der Waals surface area contributed by atoms with Gasteiger partial charge in [-0.25, -0.2) is 0 Å². The van der Waals surface area contributed by atoms with E-state index in [1.54, 1.807) is 0 Å². The van der Waals surface area contributed by atoms with Crippen LogP contribution in [0.25, 0.3) is 0 Å². The van der Waals surface area contributed by atoms with Crippen LogP contribution in [0.2, 0.25) is 0 Å². The molecule has 0 aliphatic carbocycles. The molecule has 0 spiro atoms. The van der Waals surface area contributed by atoms with E-state index in [9.17, 15) is 0 Å². The quantitative estimate of drug-likeness (QED) is 0.748. The maximum absolute atomic E-state index is 3.23. The van der Waals surface area contributed by atoms with Crippen molar-refractivity contribution in [2.24, 2.45) is 0 Å². The van der Waals surface area contributed by atoms with E-state index < -0.39 is 0 Å². The molecule has 0 amide bonds. The minimum atomic E-state index is 0.222. The zero-order chi connectivity index (χ0) is 9.90. The standard InChI is InChI=1S/C12H19N/c1-10-7-5-6-8-11(10)12(2,3)9-13-4/h5-8,13H,9H2,1-4H3. The van der Waals surface area contributed by atoms with Crippen LogP contribution in [0.15, 0.2) is 24.3 Å². The monoisotopic (exact) mass is 177 g/mol. The van der Waals surface area contributed by atoms with Gasteiger partial charge in [0.05, 0.1) is 0 Å². The van der Waals surface area contributed by atoms with Crippen molar-refractivity contribution in [2.45, 2.75) is 26.2 Å². The van der Waals surface area contributed by atoms with Crippen LogP contribution in [0.4, 0.5) is 0 Å². The fourth-order valence-electron chi connectivity index (χ4n) is 1.87. The van der Waals surface area contributed by atoms with Gasteiger partial charge in [0.2, 0.25) is 0 Å². The van der Waals surface area contributed by atoms with E-state index in [0.717, 1.165) is 6.54 Å². The number of rotatable bonds is 3. The van der Waals surface area contributed by atoms with Gasteiger partial charge < -0.3 is 5.32 Å². The largest absolute Gasteiger partial charge is 0.319 e. The lowest BCUT2D eigenvalue weighted by Gasteiger charge is -2.26. The fourth-order valence-corrected chi connectivity index (χ4v) is 1.87. The van der Waals surface area contributed by atoms with Crippen LogP contribution < -0.4 is 5.32 Å². The molecule has 1 aromatic carbocycles. The van der Waals surface area contributed by atoms with Gasteiger partial charge in [0.25, 0.3) is 0 Å². The smallest absolute Gasteiger partial charge is 0.00402 e. The Balaban J connectivity index is 2.99. The SMILES string of the molecule is CNCC(C)(C)c1ccccc1C. The Morgan fingerprint density at radius 3 is 2.38 bits per heavy atom. The summed E-state index contributed by atoms with van der Waals surface area (Å²) < 4.78 is 0. The molecule has 72 valence electrons. The van der Waals surface area contributed by atoms with Gasteiger partial charge in [-0.2, -0.15) is 0 Å². The van der Waals surface area contributed by atoms with Gasteiger partial charge in [0, 0.05) is 12.0 Å². The molecule has 0 saturated carbocycles. The molecule has 0 heterocycles. The summed E-state index contributed by atoms with van der Waals surface area (Å²) in [6.45, 7) is 7.72. The summed E-state index contributed by atoms with van der Waals surface area (Å²) in [6.07, 6.45) is 0. The molecule has 0 aliphatic heterocycles. The number of benzene rings is 1. The second kappa shape index (κ2) is 3.93. The highest BCUT2D eigenvalue weighted by atomic mass is 14.8. The molecule has 1 heteroatoms. The van der Waals surface area contributed by atoms with Gasteiger partial charge in [0.1, 0.15) is 0 Å². The first-order chi connectivity index (χ1) is 6.08. The molecule has 0 unspecified atom stereocenters. The van der Waals surface area contributed by atoms with Gasteiger partial charge in [-0.1, -0.05) is 38.1 Å². The predicted octanol–water partition coefficient (Wildman–Crippen LogP) is 2.49. The number of hydrogen-bond donors (Lipinski definition) is 1. The normalized spacial score (nSPS) is 11.7. The topological polar surface area (TPSA) is 12.0 Å². The molecule has 13 heavy (non-hydrogen) atoms. The minimum Gasteiger partial charge on any atom is -0.319 e. The summed E-state index contributed by atoms with van der Waals surface area (Å²) in [6, 6.07) is 8.59. The maximum Gasteiger partial charge on any atom is 0.00402 e. The number of aryl methyl sites for hydroxylation is 1. The van der Waals surface area contributed by atoms with E-state index in [2.05, 4.69) is 50.4 Å². The van der Waals surface area contributed by atoms with Crippen LogP contribution in [-0.2, 0) is 5.41 Å². The molecule has 0 radical (unpaired) electrons. The van der Waals surface area contributed by atoms with E-state index in [0.29, 0.717) is 0 Å². The van der Waals surface area contributed by atoms with E-state index in [1.807, 2.05) is 7.05 Å². The Morgan fingerprint density at radius 1 is 1.23 bits per heavy atom. The number of hydrogen-bond acceptors (Lipinski definition) is 1. The number of nitrogens with one attached hydrogen (secondary N) is 1. The van der Waals surface area contributed by atoms with Gasteiger partial charge in [-0.15, -0.1) is 0 Å². The maximum atomic E-state index is 3.23. The summed E-state index contributed by atoms with van der Waals surface area (Å²) in [4.78, 5) is 0. The average molecular weight is 177 g/mol. The summed E-state index contributed by atoms with van der Waals surface area (Å²) in [7, 11) is 2.00. The fraction of sp³-hybridized carbons (Fsp3) is 0.500. The third-order valence-corrected chi connectivity index (χ3v) is 2.49. The molecule has 0 aliphatic rings. The summed E-state index contributed by atoms with van der Waals surface area (Å²) in [5.41, 5.74) is 3.03. The van der Waals surface area contributed by atoms with Crippen molar-refractivity contribution in [2.75, 3.05) is 13.6 Å². The summed E-state index contributed by atoms with van der Waals surface area (Å²) >= 11 is 0. The van der Waals surface area contributed by atoms with Gasteiger partial charge in [-0.05, 0) is 25.1 Å². The molecule has 0 atom stereocenters. The molecule has 0 fully saturated rings. The molecular formula is C12H19N. The van der Waals surface area contributed by atoms with Crippen LogP contribution in [0.5, 0.6) is 0 Å². The van der Waals surface area contributed by atoms with Crippen LogP contribution in [0.3, 0.4) is 0 Å². The molecule has 1 rings (SSSR count). The van der Waals surface area contributed by atoms with Crippen LogP contribution in [0.1, 0.15) is 25.0 Å². The third kappa shape index (κ3) is 2.31. The molecule has 1 nitrogen and oxygen atoms in total. The van der Waals surface area contributed by atoms with E-state index in [-0.39, 0.29) is 5.41 Å². The molecule has 1 aromatic rings. The average Bonchev–Trinajstić information content (AvgIpc) is 2.04. The highest BCUT2D eigenvalue weighted by Gasteiger charge is 2.20. The number of likely N-dealkylation sites (N-methyl/N-ethyl adjacent to an activating group) is 1. The van der Waals surface area contributed by atoms with E-state index >= 15 is 0 Å². The van der Waals surface area contributed by atoms with Gasteiger partial charge >= 0.3 is 0 Å². The second-order valence-corrected chi connectivity index (χ2v) is 4.23. The highest BCUT2D eigenvalue weighted by Crippen LogP contribution is 2.24. The van der Waals surface area contributed by atoms with Crippen LogP contribution >= 0.6 is 0 Å². The summed E-state index contributed by atoms with van der Waals surface area (Å²) in [5, 5.41) is 3.23. The summed E-state index contributed by atoms with van der Waals surface area (Å²) in [5.74, 6) is 0. The molecule has 1 N–H and O–H groups in total. The highest BCUT2D eigenvalue weighted by molar-refractivity contribution is 5.32. The Kier molecular flexibility index (Phi) is 3.10. The van der Waals surface area contributed by atoms with E-state index in [4.69, 9.17) is 0 Å². The lowest BCUT2D eigenvalue weighted by atomic mass is 9.82. The van der Waals surface area contributed by atoms with Crippen molar-refractivity contribution in [1.82, 2.24) is 5.32 Å². The minimum absolute atomic E-state index is 0.222. The second-order valence-electron chi connectivity index (χ2n) is 4.23. The van der Waals surface area contributed by atoms with E-state index in [1.165, 1.54) is 11.1 Å². The van der Waals surface area contributed by atoms with Crippen molar-refractivity contribution < 1.29 is 0 Å². The van der Waals surface area contributed by atoms with Crippen molar-refractivity contribution >= 4 is 0 Å². The Bertz CT molecular complexity index is 276. The first-order valence-electron chi connectivity index (χ1n) is 4.78. The van der Waals surface area contributed by atoms with Crippen LogP contribution in [-0.4, -0.2) is 13.6 Å². The van der Waals surface area contributed by atoms with Gasteiger partial charge in [0.15, 0.2) is 0 Å². The van der Waals surface area contributed by atoms with Crippen molar-refractivity contribution in [3.63, 3.8) is 0 Å². The predicted molar refractivity (Wildman–Crippen MR) is 58.1 cm³/mol. The third-order valence-electron chi connectivity index (χ3n) is 2.49. The molecule has 0 aromatic heterocycles. The van der Waals surface area contributed by atoms with Crippen molar-refractivity contribution in [3.05, 3.63) is 35.4 Å². The molecule has 0 bridgehead atoms. The zero-order valence-electron chi connectivity index (χ0n) is 9.02. The zero-order valence-corrected chi connectivity index (χ0v) is 9.02. The van der Waals surface area contributed by atoms with Gasteiger partial charge in [-0.3, -0.25) is 0 Å². The Morgan fingerprint density at radius 2 is 1.85 bits per heavy atom. The molecular weight excluding hydrogens is 158 g/mol. The van der Waals surface area contributed by atoms with Crippen molar-refractivity contribution in [1.29, 1.82) is 0 Å². The lowest BCUT2D eigenvalue weighted by molar-refractivity contribution is 0.491.